The van der Waals surface area contributed by atoms with Crippen molar-refractivity contribution in [2.45, 2.75) is 67.0 Å². The normalized spacial score (nSPS) is 11.9. The predicted octanol–water partition coefficient (Wildman–Crippen LogP) is 3.08. The fourth-order valence-electron chi connectivity index (χ4n) is 3.51. The van der Waals surface area contributed by atoms with Gasteiger partial charge in [0, 0.05) is 18.7 Å². The van der Waals surface area contributed by atoms with Crippen LogP contribution in [0, 0.1) is 17.8 Å². The smallest absolute Gasteiger partial charge is 0.308 e. The molecule has 0 aliphatic carbocycles. The SMILES string of the molecule is CC(C)CCOCCOCCOCCOCCC(=O)NC(C(=O)NCC(=O)Nc1ccc(COC(=O)C(C)C)cc1)C(C)C. The average Bonchev–Trinajstić information content (AvgIpc) is 2.97. The number of carbonyl (C=O) groups is 4. The molecule has 12 nitrogen and oxygen atoms in total. The number of rotatable bonds is 24. The van der Waals surface area contributed by atoms with E-state index in [1.54, 1.807) is 38.1 Å². The second-order valence-corrected chi connectivity index (χ2v) is 11.4. The number of esters is 1. The highest BCUT2D eigenvalue weighted by atomic mass is 16.6. The van der Waals surface area contributed by atoms with E-state index < -0.39 is 17.9 Å². The number of hydrogen-bond donors (Lipinski definition) is 3. The first-order valence-electron chi connectivity index (χ1n) is 15.4. The standard InChI is InChI=1S/C32H53N3O9/c1-23(2)11-13-40-15-17-42-19-20-43-18-16-41-14-12-28(36)35-30(24(3)4)31(38)33-21-29(37)34-27-9-7-26(8-10-27)22-44-32(39)25(5)6/h7-10,23-25,30H,11-22H2,1-6H3,(H,33,38)(H,34,37)(H,35,36). The lowest BCUT2D eigenvalue weighted by Gasteiger charge is -2.21. The first-order valence-corrected chi connectivity index (χ1v) is 15.4. The van der Waals surface area contributed by atoms with E-state index in [1.165, 1.54) is 0 Å². The van der Waals surface area contributed by atoms with Gasteiger partial charge in [-0.3, -0.25) is 19.2 Å². The molecule has 3 N–H and O–H groups in total. The van der Waals surface area contributed by atoms with Gasteiger partial charge in [0.05, 0.1) is 58.7 Å². The molecule has 0 bridgehead atoms. The maximum Gasteiger partial charge on any atom is 0.308 e. The van der Waals surface area contributed by atoms with Gasteiger partial charge in [0.1, 0.15) is 12.6 Å². The Bertz CT molecular complexity index is 968. The Hall–Kier alpha value is -3.06. The molecular weight excluding hydrogens is 570 g/mol. The summed E-state index contributed by atoms with van der Waals surface area (Å²) in [5, 5.41) is 7.99. The van der Waals surface area contributed by atoms with Crippen LogP contribution in [0.1, 0.15) is 59.9 Å². The van der Waals surface area contributed by atoms with Crippen LogP contribution in [-0.2, 0) is 49.5 Å². The zero-order valence-electron chi connectivity index (χ0n) is 27.3. The van der Waals surface area contributed by atoms with Gasteiger partial charge in [0.2, 0.25) is 17.7 Å². The number of nitrogens with one attached hydrogen (secondary N) is 3. The number of amides is 3. The van der Waals surface area contributed by atoms with Crippen LogP contribution in [-0.4, -0.2) is 89.1 Å². The van der Waals surface area contributed by atoms with Gasteiger partial charge in [-0.2, -0.15) is 0 Å². The Morgan fingerprint density at radius 3 is 1.77 bits per heavy atom. The second-order valence-electron chi connectivity index (χ2n) is 11.4. The van der Waals surface area contributed by atoms with Crippen molar-refractivity contribution in [3.63, 3.8) is 0 Å². The van der Waals surface area contributed by atoms with Gasteiger partial charge >= 0.3 is 5.97 Å². The van der Waals surface area contributed by atoms with Gasteiger partial charge < -0.3 is 39.6 Å². The van der Waals surface area contributed by atoms with Crippen LogP contribution in [0.3, 0.4) is 0 Å². The molecule has 1 atom stereocenters. The molecule has 3 amide bonds. The van der Waals surface area contributed by atoms with Crippen LogP contribution < -0.4 is 16.0 Å². The lowest BCUT2D eigenvalue weighted by atomic mass is 10.0. The zero-order chi connectivity index (χ0) is 32.7. The first-order chi connectivity index (χ1) is 21.0. The largest absolute Gasteiger partial charge is 0.461 e. The van der Waals surface area contributed by atoms with Crippen molar-refractivity contribution < 1.29 is 42.9 Å². The molecule has 1 rings (SSSR count). The molecule has 12 heteroatoms. The molecule has 0 saturated heterocycles. The topological polar surface area (TPSA) is 151 Å². The third-order valence-corrected chi connectivity index (χ3v) is 6.21. The number of ether oxygens (including phenoxy) is 5. The summed E-state index contributed by atoms with van der Waals surface area (Å²) in [6.45, 7) is 15.0. The van der Waals surface area contributed by atoms with E-state index in [4.69, 9.17) is 23.7 Å². The van der Waals surface area contributed by atoms with Crippen molar-refractivity contribution in [3.8, 4) is 0 Å². The highest BCUT2D eigenvalue weighted by Crippen LogP contribution is 2.11. The number of carbonyl (C=O) groups excluding carboxylic acids is 4. The molecule has 0 radical (unpaired) electrons. The lowest BCUT2D eigenvalue weighted by molar-refractivity contribution is -0.148. The van der Waals surface area contributed by atoms with Crippen LogP contribution in [0.5, 0.6) is 0 Å². The summed E-state index contributed by atoms with van der Waals surface area (Å²) in [6.07, 6.45) is 1.13. The molecule has 0 aliphatic heterocycles. The Morgan fingerprint density at radius 2 is 1.25 bits per heavy atom. The summed E-state index contributed by atoms with van der Waals surface area (Å²) in [7, 11) is 0. The molecule has 44 heavy (non-hydrogen) atoms. The summed E-state index contributed by atoms with van der Waals surface area (Å²) in [4.78, 5) is 49.0. The number of hydrogen-bond acceptors (Lipinski definition) is 9. The van der Waals surface area contributed by atoms with Crippen molar-refractivity contribution >= 4 is 29.4 Å². The monoisotopic (exact) mass is 623 g/mol. The minimum absolute atomic E-state index is 0.0869. The molecule has 1 aromatic rings. The van der Waals surface area contributed by atoms with Gasteiger partial charge in [-0.05, 0) is 36.0 Å². The lowest BCUT2D eigenvalue weighted by Crippen LogP contribution is -2.51. The maximum absolute atomic E-state index is 12.7. The van der Waals surface area contributed by atoms with Crippen LogP contribution >= 0.6 is 0 Å². The molecular formula is C32H53N3O9. The number of anilines is 1. The fraction of sp³-hybridized carbons (Fsp3) is 0.688. The molecule has 0 heterocycles. The van der Waals surface area contributed by atoms with Gasteiger partial charge in [0.15, 0.2) is 0 Å². The zero-order valence-corrected chi connectivity index (χ0v) is 27.3. The van der Waals surface area contributed by atoms with E-state index in [0.717, 1.165) is 18.6 Å². The van der Waals surface area contributed by atoms with E-state index in [-0.39, 0.29) is 49.9 Å². The van der Waals surface area contributed by atoms with Crippen molar-refractivity contribution in [2.75, 3.05) is 64.7 Å². The second kappa shape index (κ2) is 23.3. The molecule has 250 valence electrons. The summed E-state index contributed by atoms with van der Waals surface area (Å²) >= 11 is 0. The van der Waals surface area contributed by atoms with Gasteiger partial charge in [-0.25, -0.2) is 0 Å². The molecule has 0 aromatic heterocycles. The molecule has 0 aliphatic rings. The van der Waals surface area contributed by atoms with Crippen LogP contribution in [0.4, 0.5) is 5.69 Å². The van der Waals surface area contributed by atoms with Crippen molar-refractivity contribution in [1.29, 1.82) is 0 Å². The quantitative estimate of drug-likeness (QED) is 0.117. The summed E-state index contributed by atoms with van der Waals surface area (Å²) in [6, 6.07) is 6.06. The molecule has 0 spiro atoms. The van der Waals surface area contributed by atoms with Crippen molar-refractivity contribution in [2.24, 2.45) is 17.8 Å². The maximum atomic E-state index is 12.7. The summed E-state index contributed by atoms with van der Waals surface area (Å²) < 4.78 is 27.0. The fourth-order valence-corrected chi connectivity index (χ4v) is 3.51. The Morgan fingerprint density at radius 1 is 0.705 bits per heavy atom. The van der Waals surface area contributed by atoms with Crippen LogP contribution in [0.2, 0.25) is 0 Å². The molecule has 0 saturated carbocycles. The Kier molecular flexibility index (Phi) is 20.7. The van der Waals surface area contributed by atoms with Gasteiger partial charge in [-0.15, -0.1) is 0 Å². The third kappa shape index (κ3) is 19.3. The molecule has 1 aromatic carbocycles. The van der Waals surface area contributed by atoms with Crippen LogP contribution in [0.25, 0.3) is 0 Å². The molecule has 0 fully saturated rings. The van der Waals surface area contributed by atoms with Crippen LogP contribution in [0.15, 0.2) is 24.3 Å². The summed E-state index contributed by atoms with van der Waals surface area (Å²) in [5.41, 5.74) is 1.32. The number of benzene rings is 1. The van der Waals surface area contributed by atoms with Gasteiger partial charge in [0.25, 0.3) is 0 Å². The van der Waals surface area contributed by atoms with E-state index in [0.29, 0.717) is 51.2 Å². The van der Waals surface area contributed by atoms with E-state index in [2.05, 4.69) is 29.8 Å². The Balaban J connectivity index is 2.19. The van der Waals surface area contributed by atoms with Crippen molar-refractivity contribution in [3.05, 3.63) is 29.8 Å². The van der Waals surface area contributed by atoms with Crippen molar-refractivity contribution in [1.82, 2.24) is 10.6 Å². The highest BCUT2D eigenvalue weighted by molar-refractivity contribution is 5.96. The van der Waals surface area contributed by atoms with E-state index in [1.807, 2.05) is 13.8 Å². The average molecular weight is 624 g/mol. The van der Waals surface area contributed by atoms with E-state index >= 15 is 0 Å². The van der Waals surface area contributed by atoms with E-state index in [9.17, 15) is 19.2 Å². The highest BCUT2D eigenvalue weighted by Gasteiger charge is 2.24. The predicted molar refractivity (Wildman–Crippen MR) is 167 cm³/mol. The minimum atomic E-state index is -0.799. The third-order valence-electron chi connectivity index (χ3n) is 6.21. The Labute approximate surface area is 262 Å². The summed E-state index contributed by atoms with van der Waals surface area (Å²) in [5.74, 6) is -1.25. The van der Waals surface area contributed by atoms with Gasteiger partial charge in [-0.1, -0.05) is 53.7 Å². The minimum Gasteiger partial charge on any atom is -0.461 e. The molecule has 1 unspecified atom stereocenters. The first kappa shape index (κ1) is 39.0.